The lowest BCUT2D eigenvalue weighted by Crippen LogP contribution is -1.92. The van der Waals surface area contributed by atoms with Crippen molar-refractivity contribution in [2.24, 2.45) is 0 Å². The molecule has 0 saturated carbocycles. The van der Waals surface area contributed by atoms with Gasteiger partial charge in [0, 0.05) is 17.1 Å². The van der Waals surface area contributed by atoms with E-state index in [9.17, 15) is 4.79 Å². The van der Waals surface area contributed by atoms with Crippen LogP contribution in [0.5, 0.6) is 0 Å². The minimum absolute atomic E-state index is 0.0258. The predicted molar refractivity (Wildman–Crippen MR) is 53.7 cm³/mol. The Labute approximate surface area is 85.9 Å². The Hall–Kier alpha value is -0.940. The number of furan rings is 1. The van der Waals surface area contributed by atoms with E-state index in [0.29, 0.717) is 17.3 Å². The summed E-state index contributed by atoms with van der Waals surface area (Å²) < 4.78 is 5.03. The number of hydrogen-bond donors (Lipinski definition) is 2. The Bertz CT molecular complexity index is 319. The normalized spacial score (nSPS) is 10.4. The molecule has 1 heterocycles. The fourth-order valence-electron chi connectivity index (χ4n) is 1.02. The van der Waals surface area contributed by atoms with Crippen LogP contribution in [0.4, 0.5) is 0 Å². The number of aliphatic hydroxyl groups is 1. The van der Waals surface area contributed by atoms with Gasteiger partial charge in [-0.25, -0.2) is 4.79 Å². The van der Waals surface area contributed by atoms with Crippen LogP contribution in [0.15, 0.2) is 10.5 Å². The summed E-state index contributed by atoms with van der Waals surface area (Å²) in [5, 5.41) is 17.2. The second kappa shape index (κ2) is 5.07. The second-order valence-corrected chi connectivity index (χ2v) is 3.88. The van der Waals surface area contributed by atoms with Crippen molar-refractivity contribution < 1.29 is 19.4 Å². The fraction of sp³-hybridized carbons (Fsp3) is 0.444. The summed E-state index contributed by atoms with van der Waals surface area (Å²) in [5.74, 6) is 0.873. The Morgan fingerprint density at radius 3 is 2.86 bits per heavy atom. The van der Waals surface area contributed by atoms with E-state index in [4.69, 9.17) is 14.6 Å². The van der Waals surface area contributed by atoms with Crippen LogP contribution in [0.2, 0.25) is 0 Å². The van der Waals surface area contributed by atoms with E-state index >= 15 is 0 Å². The lowest BCUT2D eigenvalue weighted by Gasteiger charge is -1.96. The first kappa shape index (κ1) is 11.1. The minimum atomic E-state index is -1.05. The summed E-state index contributed by atoms with van der Waals surface area (Å²) in [6.45, 7) is 1.87. The van der Waals surface area contributed by atoms with E-state index in [2.05, 4.69) is 0 Å². The number of carboxylic acid groups (broad SMARTS) is 1. The predicted octanol–water partition coefficient (Wildman–Crippen LogP) is 1.51. The van der Waals surface area contributed by atoms with Crippen LogP contribution in [-0.4, -0.2) is 28.5 Å². The van der Waals surface area contributed by atoms with Gasteiger partial charge in [-0.3, -0.25) is 0 Å². The second-order valence-electron chi connectivity index (χ2n) is 2.77. The number of aliphatic hydroxyl groups excluding tert-OH is 1. The zero-order valence-corrected chi connectivity index (χ0v) is 8.63. The van der Waals surface area contributed by atoms with Gasteiger partial charge in [-0.2, -0.15) is 11.8 Å². The highest BCUT2D eigenvalue weighted by Gasteiger charge is 2.12. The number of carboxylic acids is 1. The molecule has 4 nitrogen and oxygen atoms in total. The lowest BCUT2D eigenvalue weighted by atomic mass is 10.3. The van der Waals surface area contributed by atoms with Gasteiger partial charge >= 0.3 is 5.97 Å². The third-order valence-electron chi connectivity index (χ3n) is 1.72. The topological polar surface area (TPSA) is 70.7 Å². The molecule has 0 amide bonds. The molecule has 0 saturated heterocycles. The summed E-state index contributed by atoms with van der Waals surface area (Å²) in [4.78, 5) is 10.6. The van der Waals surface area contributed by atoms with Crippen molar-refractivity contribution in [2.45, 2.75) is 12.7 Å². The van der Waals surface area contributed by atoms with Gasteiger partial charge in [0.05, 0.1) is 6.61 Å². The average Bonchev–Trinajstić information content (AvgIpc) is 2.49. The molecule has 14 heavy (non-hydrogen) atoms. The van der Waals surface area contributed by atoms with Gasteiger partial charge < -0.3 is 14.6 Å². The van der Waals surface area contributed by atoms with Crippen LogP contribution in [-0.2, 0) is 5.75 Å². The third kappa shape index (κ3) is 2.78. The number of thioether (sulfide) groups is 1. The molecule has 0 radical (unpaired) electrons. The zero-order chi connectivity index (χ0) is 10.6. The summed E-state index contributed by atoms with van der Waals surface area (Å²) in [6, 6.07) is 1.53. The number of carbonyl (C=O) groups is 1. The van der Waals surface area contributed by atoms with Crippen molar-refractivity contribution in [3.8, 4) is 0 Å². The van der Waals surface area contributed by atoms with Gasteiger partial charge in [-0.15, -0.1) is 0 Å². The van der Waals surface area contributed by atoms with Crippen molar-refractivity contribution in [3.05, 3.63) is 23.2 Å². The van der Waals surface area contributed by atoms with Crippen LogP contribution in [0, 0.1) is 6.92 Å². The molecule has 2 N–H and O–H groups in total. The first-order chi connectivity index (χ1) is 6.65. The first-order valence-electron chi connectivity index (χ1n) is 4.16. The molecule has 0 aromatic carbocycles. The minimum Gasteiger partial charge on any atom is -0.475 e. The number of aryl methyl sites for hydroxylation is 1. The van der Waals surface area contributed by atoms with E-state index in [1.54, 1.807) is 18.7 Å². The summed E-state index contributed by atoms with van der Waals surface area (Å²) >= 11 is 1.54. The maximum atomic E-state index is 10.6. The SMILES string of the molecule is Cc1oc(C(=O)O)cc1CSCCO. The van der Waals surface area contributed by atoms with Crippen molar-refractivity contribution in [2.75, 3.05) is 12.4 Å². The third-order valence-corrected chi connectivity index (χ3v) is 2.71. The highest BCUT2D eigenvalue weighted by Crippen LogP contribution is 2.20. The van der Waals surface area contributed by atoms with E-state index < -0.39 is 5.97 Å². The molecule has 0 aliphatic rings. The Kier molecular flexibility index (Phi) is 4.03. The maximum Gasteiger partial charge on any atom is 0.371 e. The Morgan fingerprint density at radius 2 is 2.36 bits per heavy atom. The summed E-state index contributed by atoms with van der Waals surface area (Å²) in [5.41, 5.74) is 0.876. The molecule has 0 fully saturated rings. The van der Waals surface area contributed by atoms with Gasteiger partial charge in [-0.05, 0) is 13.0 Å². The van der Waals surface area contributed by atoms with E-state index in [1.165, 1.54) is 6.07 Å². The van der Waals surface area contributed by atoms with Crippen LogP contribution in [0.25, 0.3) is 0 Å². The van der Waals surface area contributed by atoms with Crippen LogP contribution in [0.3, 0.4) is 0 Å². The van der Waals surface area contributed by atoms with Crippen LogP contribution >= 0.6 is 11.8 Å². The van der Waals surface area contributed by atoms with Crippen molar-refractivity contribution >= 4 is 17.7 Å². The van der Waals surface area contributed by atoms with Gasteiger partial charge in [0.15, 0.2) is 0 Å². The molecule has 0 unspecified atom stereocenters. The molecule has 78 valence electrons. The van der Waals surface area contributed by atoms with Crippen molar-refractivity contribution in [1.82, 2.24) is 0 Å². The highest BCUT2D eigenvalue weighted by atomic mass is 32.2. The van der Waals surface area contributed by atoms with Crippen LogP contribution in [0.1, 0.15) is 21.9 Å². The fourth-order valence-corrected chi connectivity index (χ4v) is 1.80. The Balaban J connectivity index is 2.63. The summed E-state index contributed by atoms with van der Waals surface area (Å²) in [7, 11) is 0. The Morgan fingerprint density at radius 1 is 1.64 bits per heavy atom. The van der Waals surface area contributed by atoms with E-state index in [0.717, 1.165) is 5.56 Å². The molecule has 0 spiro atoms. The lowest BCUT2D eigenvalue weighted by molar-refractivity contribution is 0.0661. The molecular weight excluding hydrogens is 204 g/mol. The highest BCUT2D eigenvalue weighted by molar-refractivity contribution is 7.98. The molecule has 0 aliphatic heterocycles. The average molecular weight is 216 g/mol. The van der Waals surface area contributed by atoms with Gasteiger partial charge in [0.1, 0.15) is 5.76 Å². The zero-order valence-electron chi connectivity index (χ0n) is 7.82. The monoisotopic (exact) mass is 216 g/mol. The summed E-state index contributed by atoms with van der Waals surface area (Å²) in [6.07, 6.45) is 0. The molecule has 1 rings (SSSR count). The van der Waals surface area contributed by atoms with Gasteiger partial charge in [0.25, 0.3) is 0 Å². The van der Waals surface area contributed by atoms with Crippen molar-refractivity contribution in [1.29, 1.82) is 0 Å². The number of rotatable bonds is 5. The molecular formula is C9H12O4S. The quantitative estimate of drug-likeness (QED) is 0.730. The van der Waals surface area contributed by atoms with Crippen molar-refractivity contribution in [3.63, 3.8) is 0 Å². The first-order valence-corrected chi connectivity index (χ1v) is 5.32. The number of hydrogen-bond acceptors (Lipinski definition) is 4. The van der Waals surface area contributed by atoms with E-state index in [-0.39, 0.29) is 12.4 Å². The maximum absolute atomic E-state index is 10.6. The largest absolute Gasteiger partial charge is 0.475 e. The standard InChI is InChI=1S/C9H12O4S/c1-6-7(5-14-3-2-10)4-8(13-6)9(11)12/h4,10H,2-3,5H2,1H3,(H,11,12). The smallest absolute Gasteiger partial charge is 0.371 e. The molecule has 1 aromatic heterocycles. The molecule has 0 aliphatic carbocycles. The molecule has 0 atom stereocenters. The van der Waals surface area contributed by atoms with Gasteiger partial charge in [-0.1, -0.05) is 0 Å². The van der Waals surface area contributed by atoms with E-state index in [1.807, 2.05) is 0 Å². The van der Waals surface area contributed by atoms with Gasteiger partial charge in [0.2, 0.25) is 5.76 Å². The molecule has 0 bridgehead atoms. The number of aromatic carboxylic acids is 1. The molecule has 1 aromatic rings. The molecule has 5 heteroatoms. The van der Waals surface area contributed by atoms with Crippen LogP contribution < -0.4 is 0 Å².